The van der Waals surface area contributed by atoms with E-state index in [4.69, 9.17) is 4.42 Å². The van der Waals surface area contributed by atoms with Crippen molar-refractivity contribution in [3.05, 3.63) is 33.7 Å². The monoisotopic (exact) mass is 375 g/mol. The largest absolute Gasteiger partial charge is 0.416 e. The highest BCUT2D eigenvalue weighted by Crippen LogP contribution is 2.16. The average molecular weight is 375 g/mol. The first-order chi connectivity index (χ1) is 8.63. The molecule has 0 spiro atoms. The number of rotatable bonds is 4. The molecule has 0 aliphatic heterocycles. The van der Waals surface area contributed by atoms with Crippen LogP contribution >= 0.6 is 34.4 Å². The van der Waals surface area contributed by atoms with Crippen LogP contribution < -0.4 is 5.32 Å². The van der Waals surface area contributed by atoms with Gasteiger partial charge in [0.15, 0.2) is 0 Å². The first-order valence-electron chi connectivity index (χ1n) is 5.12. The predicted molar refractivity (Wildman–Crippen MR) is 77.5 cm³/mol. The van der Waals surface area contributed by atoms with Crippen LogP contribution in [0.25, 0.3) is 0 Å². The van der Waals surface area contributed by atoms with E-state index in [1.807, 2.05) is 24.3 Å². The molecule has 2 aromatic rings. The zero-order valence-corrected chi connectivity index (χ0v) is 12.5. The summed E-state index contributed by atoms with van der Waals surface area (Å²) in [7, 11) is 0. The maximum Gasteiger partial charge on any atom is 0.277 e. The number of halogens is 1. The van der Waals surface area contributed by atoms with Crippen LogP contribution in [0.1, 0.15) is 5.89 Å². The Morgan fingerprint density at radius 2 is 2.11 bits per heavy atom. The third-order valence-electron chi connectivity index (χ3n) is 1.96. The van der Waals surface area contributed by atoms with Gasteiger partial charge in [0.1, 0.15) is 0 Å². The molecule has 0 unspecified atom stereocenters. The molecule has 18 heavy (non-hydrogen) atoms. The third-order valence-corrected chi connectivity index (χ3v) is 3.50. The van der Waals surface area contributed by atoms with Gasteiger partial charge < -0.3 is 9.73 Å². The van der Waals surface area contributed by atoms with Crippen LogP contribution in [0.2, 0.25) is 0 Å². The van der Waals surface area contributed by atoms with Crippen LogP contribution in [0.15, 0.2) is 33.9 Å². The minimum absolute atomic E-state index is 0.0999. The molecule has 1 aromatic carbocycles. The zero-order chi connectivity index (χ0) is 13.0. The SMILES string of the molecule is Cc1nnc(SCC(=O)Nc2ccc(I)cc2)o1. The molecule has 0 fully saturated rings. The zero-order valence-electron chi connectivity index (χ0n) is 9.51. The Morgan fingerprint density at radius 1 is 1.39 bits per heavy atom. The number of nitrogens with zero attached hydrogens (tertiary/aromatic N) is 2. The van der Waals surface area contributed by atoms with Crippen LogP contribution in [-0.4, -0.2) is 21.9 Å². The van der Waals surface area contributed by atoms with Gasteiger partial charge in [-0.1, -0.05) is 11.8 Å². The average Bonchev–Trinajstić information content (AvgIpc) is 2.76. The lowest BCUT2D eigenvalue weighted by Gasteiger charge is -2.03. The number of aryl methyl sites for hydroxylation is 1. The van der Waals surface area contributed by atoms with Gasteiger partial charge in [-0.05, 0) is 46.9 Å². The van der Waals surface area contributed by atoms with Gasteiger partial charge in [-0.3, -0.25) is 4.79 Å². The van der Waals surface area contributed by atoms with Crippen LogP contribution in [0, 0.1) is 10.5 Å². The van der Waals surface area contributed by atoms with Crippen LogP contribution in [0.3, 0.4) is 0 Å². The second kappa shape index (κ2) is 6.19. The second-order valence-corrected chi connectivity index (χ2v) is 5.60. The van der Waals surface area contributed by atoms with Crippen molar-refractivity contribution in [2.45, 2.75) is 12.1 Å². The Labute approximate surface area is 122 Å². The number of nitrogens with one attached hydrogen (secondary N) is 1. The van der Waals surface area contributed by atoms with Gasteiger partial charge in [0.25, 0.3) is 5.22 Å². The maximum absolute atomic E-state index is 11.7. The maximum atomic E-state index is 11.7. The van der Waals surface area contributed by atoms with Gasteiger partial charge in [-0.2, -0.15) is 0 Å². The van der Waals surface area contributed by atoms with Crippen molar-refractivity contribution >= 4 is 45.9 Å². The van der Waals surface area contributed by atoms with E-state index < -0.39 is 0 Å². The summed E-state index contributed by atoms with van der Waals surface area (Å²) >= 11 is 3.43. The molecule has 94 valence electrons. The van der Waals surface area contributed by atoms with Gasteiger partial charge in [0.05, 0.1) is 5.75 Å². The van der Waals surface area contributed by atoms with Crippen molar-refractivity contribution in [3.8, 4) is 0 Å². The topological polar surface area (TPSA) is 68.0 Å². The van der Waals surface area contributed by atoms with Crippen molar-refractivity contribution in [1.82, 2.24) is 10.2 Å². The molecule has 1 N–H and O–H groups in total. The standard InChI is InChI=1S/C11H10IN3O2S/c1-7-14-15-11(17-7)18-6-10(16)13-9-4-2-8(12)3-5-9/h2-5H,6H2,1H3,(H,13,16). The molecule has 1 heterocycles. The molecule has 7 heteroatoms. The molecule has 0 bridgehead atoms. The minimum Gasteiger partial charge on any atom is -0.416 e. The summed E-state index contributed by atoms with van der Waals surface area (Å²) in [6, 6.07) is 7.59. The summed E-state index contributed by atoms with van der Waals surface area (Å²) in [6.07, 6.45) is 0. The summed E-state index contributed by atoms with van der Waals surface area (Å²) in [6.45, 7) is 1.71. The molecule has 0 saturated heterocycles. The minimum atomic E-state index is -0.0999. The lowest BCUT2D eigenvalue weighted by atomic mass is 10.3. The third kappa shape index (κ3) is 3.98. The van der Waals surface area contributed by atoms with E-state index in [1.54, 1.807) is 6.92 Å². The van der Waals surface area contributed by atoms with Gasteiger partial charge in [-0.15, -0.1) is 10.2 Å². The quantitative estimate of drug-likeness (QED) is 0.658. The number of hydrogen-bond acceptors (Lipinski definition) is 5. The number of thioether (sulfide) groups is 1. The summed E-state index contributed by atoms with van der Waals surface area (Å²) < 4.78 is 6.29. The number of aromatic nitrogens is 2. The van der Waals surface area contributed by atoms with Crippen LogP contribution in [0.4, 0.5) is 5.69 Å². The Bertz CT molecular complexity index is 541. The number of amides is 1. The molecule has 2 rings (SSSR count). The molecule has 0 saturated carbocycles. The summed E-state index contributed by atoms with van der Waals surface area (Å²) in [4.78, 5) is 11.7. The Hall–Kier alpha value is -1.09. The highest BCUT2D eigenvalue weighted by atomic mass is 127. The smallest absolute Gasteiger partial charge is 0.277 e. The summed E-state index contributed by atoms with van der Waals surface area (Å²) in [5.74, 6) is 0.640. The van der Waals surface area contributed by atoms with Crippen molar-refractivity contribution in [2.75, 3.05) is 11.1 Å². The molecule has 0 aliphatic rings. The lowest BCUT2D eigenvalue weighted by molar-refractivity contribution is -0.113. The van der Waals surface area contributed by atoms with Crippen molar-refractivity contribution in [1.29, 1.82) is 0 Å². The molecule has 1 amide bonds. The molecular formula is C11H10IN3O2S. The van der Waals surface area contributed by atoms with Gasteiger partial charge in [-0.25, -0.2) is 0 Å². The Morgan fingerprint density at radius 3 is 2.72 bits per heavy atom. The summed E-state index contributed by atoms with van der Waals surface area (Å²) in [5.41, 5.74) is 0.780. The van der Waals surface area contributed by atoms with E-state index in [0.29, 0.717) is 11.1 Å². The number of benzene rings is 1. The van der Waals surface area contributed by atoms with Crippen LogP contribution in [0.5, 0.6) is 0 Å². The summed E-state index contributed by atoms with van der Waals surface area (Å²) in [5, 5.41) is 10.7. The number of carbonyl (C=O) groups excluding carboxylic acids is 1. The highest BCUT2D eigenvalue weighted by molar-refractivity contribution is 14.1. The Balaban J connectivity index is 1.83. The van der Waals surface area contributed by atoms with Crippen molar-refractivity contribution in [3.63, 3.8) is 0 Å². The molecule has 0 radical (unpaired) electrons. The predicted octanol–water partition coefficient (Wildman–Crippen LogP) is 2.71. The fraction of sp³-hybridized carbons (Fsp3) is 0.182. The fourth-order valence-corrected chi connectivity index (χ4v) is 2.16. The van der Waals surface area contributed by atoms with E-state index >= 15 is 0 Å². The first kappa shape index (κ1) is 13.3. The molecule has 5 nitrogen and oxygen atoms in total. The number of anilines is 1. The molecular weight excluding hydrogens is 365 g/mol. The molecule has 1 aromatic heterocycles. The van der Waals surface area contributed by atoms with Gasteiger partial charge in [0, 0.05) is 16.2 Å². The first-order valence-corrected chi connectivity index (χ1v) is 7.18. The van der Waals surface area contributed by atoms with E-state index in [0.717, 1.165) is 9.26 Å². The Kier molecular flexibility index (Phi) is 4.59. The lowest BCUT2D eigenvalue weighted by Crippen LogP contribution is -2.13. The van der Waals surface area contributed by atoms with E-state index in [2.05, 4.69) is 38.1 Å². The van der Waals surface area contributed by atoms with Crippen LogP contribution in [-0.2, 0) is 4.79 Å². The van der Waals surface area contributed by atoms with Crippen molar-refractivity contribution < 1.29 is 9.21 Å². The molecule has 0 atom stereocenters. The number of carbonyl (C=O) groups is 1. The second-order valence-electron chi connectivity index (χ2n) is 3.43. The van der Waals surface area contributed by atoms with E-state index in [1.165, 1.54) is 11.8 Å². The van der Waals surface area contributed by atoms with E-state index in [-0.39, 0.29) is 11.7 Å². The van der Waals surface area contributed by atoms with Gasteiger partial charge in [0.2, 0.25) is 11.8 Å². The fourth-order valence-electron chi connectivity index (χ4n) is 1.19. The van der Waals surface area contributed by atoms with Crippen molar-refractivity contribution in [2.24, 2.45) is 0 Å². The van der Waals surface area contributed by atoms with E-state index in [9.17, 15) is 4.79 Å². The highest BCUT2D eigenvalue weighted by Gasteiger charge is 2.07. The molecule has 0 aliphatic carbocycles. The number of hydrogen-bond donors (Lipinski definition) is 1. The van der Waals surface area contributed by atoms with Gasteiger partial charge >= 0.3 is 0 Å². The normalized spacial score (nSPS) is 10.3.